The summed E-state index contributed by atoms with van der Waals surface area (Å²) in [5.41, 5.74) is 9.70. The van der Waals surface area contributed by atoms with Crippen LogP contribution in [0.3, 0.4) is 0 Å². The van der Waals surface area contributed by atoms with Gasteiger partial charge in [0.1, 0.15) is 0 Å². The number of hydrogen-bond donors (Lipinski definition) is 2. The van der Waals surface area contributed by atoms with Gasteiger partial charge in [-0.05, 0) is 51.3 Å². The number of benzene rings is 1. The van der Waals surface area contributed by atoms with Crippen molar-refractivity contribution >= 4 is 24.0 Å². The predicted molar refractivity (Wildman–Crippen MR) is 98.8 cm³/mol. The lowest BCUT2D eigenvalue weighted by Gasteiger charge is -2.26. The van der Waals surface area contributed by atoms with Crippen molar-refractivity contribution in [3.8, 4) is 5.69 Å². The highest BCUT2D eigenvalue weighted by Crippen LogP contribution is 2.27. The van der Waals surface area contributed by atoms with E-state index in [0.717, 1.165) is 48.4 Å². The lowest BCUT2D eigenvalue weighted by Crippen LogP contribution is -2.34. The summed E-state index contributed by atoms with van der Waals surface area (Å²) < 4.78 is 1.87. The molecule has 5 nitrogen and oxygen atoms in total. The van der Waals surface area contributed by atoms with E-state index in [4.69, 9.17) is 5.73 Å². The fourth-order valence-electron chi connectivity index (χ4n) is 3.34. The first kappa shape index (κ1) is 18.5. The van der Waals surface area contributed by atoms with E-state index >= 15 is 0 Å². The summed E-state index contributed by atoms with van der Waals surface area (Å²) >= 11 is 0. The largest absolute Gasteiger partial charge is 0.328 e. The van der Waals surface area contributed by atoms with E-state index in [9.17, 15) is 4.79 Å². The number of nitrogens with zero attached hydrogens (tertiary/aromatic N) is 2. The van der Waals surface area contributed by atoms with Crippen LogP contribution in [0.2, 0.25) is 0 Å². The SMILES string of the molecule is Cc1cc(C)n(-c2ccccc2NC(=O)C2CCCC(N)C2)n1.Cl. The summed E-state index contributed by atoms with van der Waals surface area (Å²) in [5, 5.41) is 7.60. The molecule has 1 aliphatic rings. The van der Waals surface area contributed by atoms with Gasteiger partial charge in [-0.1, -0.05) is 18.6 Å². The van der Waals surface area contributed by atoms with Gasteiger partial charge in [-0.25, -0.2) is 4.68 Å². The first-order valence-electron chi connectivity index (χ1n) is 8.23. The summed E-state index contributed by atoms with van der Waals surface area (Å²) in [7, 11) is 0. The molecule has 3 rings (SSSR count). The Labute approximate surface area is 149 Å². The van der Waals surface area contributed by atoms with Crippen LogP contribution in [0, 0.1) is 19.8 Å². The maximum atomic E-state index is 12.6. The number of rotatable bonds is 3. The molecule has 2 atom stereocenters. The van der Waals surface area contributed by atoms with Crippen LogP contribution in [-0.2, 0) is 4.79 Å². The standard InChI is InChI=1S/C18H24N4O.ClH/c1-12-10-13(2)22(21-12)17-9-4-3-8-16(17)20-18(23)14-6-5-7-15(19)11-14;/h3-4,8-10,14-15H,5-7,11,19H2,1-2H3,(H,20,23);1H. The summed E-state index contributed by atoms with van der Waals surface area (Å²) in [4.78, 5) is 12.6. The van der Waals surface area contributed by atoms with Crippen molar-refractivity contribution in [3.63, 3.8) is 0 Å². The molecule has 0 bridgehead atoms. The van der Waals surface area contributed by atoms with Gasteiger partial charge in [0.2, 0.25) is 5.91 Å². The van der Waals surface area contributed by atoms with E-state index in [1.54, 1.807) is 0 Å². The molecule has 0 saturated heterocycles. The number of para-hydroxylation sites is 2. The van der Waals surface area contributed by atoms with Gasteiger partial charge in [-0.3, -0.25) is 4.79 Å². The number of hydrogen-bond acceptors (Lipinski definition) is 3. The van der Waals surface area contributed by atoms with Gasteiger partial charge < -0.3 is 11.1 Å². The molecule has 130 valence electrons. The Morgan fingerprint density at radius 2 is 2.04 bits per heavy atom. The van der Waals surface area contributed by atoms with E-state index in [1.165, 1.54) is 0 Å². The van der Waals surface area contributed by atoms with Gasteiger partial charge in [0, 0.05) is 17.7 Å². The number of carbonyl (C=O) groups is 1. The van der Waals surface area contributed by atoms with Crippen molar-refractivity contribution in [1.29, 1.82) is 0 Å². The van der Waals surface area contributed by atoms with Crippen LogP contribution in [0.15, 0.2) is 30.3 Å². The zero-order valence-corrected chi connectivity index (χ0v) is 15.0. The Balaban J connectivity index is 0.00000208. The van der Waals surface area contributed by atoms with Gasteiger partial charge in [-0.15, -0.1) is 12.4 Å². The Hall–Kier alpha value is -1.85. The minimum absolute atomic E-state index is 0. The minimum atomic E-state index is 0. The quantitative estimate of drug-likeness (QED) is 0.893. The minimum Gasteiger partial charge on any atom is -0.328 e. The molecular formula is C18H25ClN4O. The topological polar surface area (TPSA) is 72.9 Å². The van der Waals surface area contributed by atoms with Crippen LogP contribution in [-0.4, -0.2) is 21.7 Å². The fraction of sp³-hybridized carbons (Fsp3) is 0.444. The van der Waals surface area contributed by atoms with Gasteiger partial charge in [0.15, 0.2) is 0 Å². The highest BCUT2D eigenvalue weighted by Gasteiger charge is 2.26. The molecule has 1 aromatic carbocycles. The Kier molecular flexibility index (Phi) is 6.02. The van der Waals surface area contributed by atoms with Crippen LogP contribution in [0.25, 0.3) is 5.69 Å². The molecule has 6 heteroatoms. The number of carbonyl (C=O) groups excluding carboxylic acids is 1. The zero-order chi connectivity index (χ0) is 16.4. The molecule has 0 radical (unpaired) electrons. The van der Waals surface area contributed by atoms with Gasteiger partial charge >= 0.3 is 0 Å². The Bertz CT molecular complexity index is 713. The van der Waals surface area contributed by atoms with Crippen molar-refractivity contribution in [2.45, 2.75) is 45.6 Å². The van der Waals surface area contributed by atoms with Crippen molar-refractivity contribution in [2.24, 2.45) is 11.7 Å². The molecule has 24 heavy (non-hydrogen) atoms. The first-order chi connectivity index (χ1) is 11.0. The summed E-state index contributed by atoms with van der Waals surface area (Å²) in [6.07, 6.45) is 3.74. The van der Waals surface area contributed by atoms with E-state index < -0.39 is 0 Å². The highest BCUT2D eigenvalue weighted by atomic mass is 35.5. The smallest absolute Gasteiger partial charge is 0.227 e. The number of nitrogens with two attached hydrogens (primary N) is 1. The predicted octanol–water partition coefficient (Wildman–Crippen LogP) is 3.37. The normalized spacial score (nSPS) is 20.3. The molecule has 2 unspecified atom stereocenters. The molecule has 1 saturated carbocycles. The number of amides is 1. The van der Waals surface area contributed by atoms with E-state index in [1.807, 2.05) is 48.9 Å². The second kappa shape index (κ2) is 7.81. The van der Waals surface area contributed by atoms with Gasteiger partial charge in [-0.2, -0.15) is 5.10 Å². The van der Waals surface area contributed by atoms with Gasteiger partial charge in [0.25, 0.3) is 0 Å². The monoisotopic (exact) mass is 348 g/mol. The molecular weight excluding hydrogens is 324 g/mol. The number of nitrogens with one attached hydrogen (secondary N) is 1. The molecule has 1 amide bonds. The highest BCUT2D eigenvalue weighted by molar-refractivity contribution is 5.94. The lowest BCUT2D eigenvalue weighted by molar-refractivity contribution is -0.120. The number of halogens is 1. The number of anilines is 1. The second-order valence-corrected chi connectivity index (χ2v) is 6.47. The molecule has 0 aliphatic heterocycles. The molecule has 2 aromatic rings. The van der Waals surface area contributed by atoms with Crippen molar-refractivity contribution < 1.29 is 4.79 Å². The molecule has 3 N–H and O–H groups in total. The first-order valence-corrected chi connectivity index (χ1v) is 8.23. The molecule has 1 aromatic heterocycles. The average molecular weight is 349 g/mol. The van der Waals surface area contributed by atoms with Crippen LogP contribution in [0.1, 0.15) is 37.1 Å². The van der Waals surface area contributed by atoms with Crippen molar-refractivity contribution in [1.82, 2.24) is 9.78 Å². The number of aromatic nitrogens is 2. The Morgan fingerprint density at radius 1 is 1.29 bits per heavy atom. The van der Waals surface area contributed by atoms with Crippen LogP contribution >= 0.6 is 12.4 Å². The van der Waals surface area contributed by atoms with E-state index in [0.29, 0.717) is 0 Å². The van der Waals surface area contributed by atoms with Gasteiger partial charge in [0.05, 0.1) is 17.1 Å². The average Bonchev–Trinajstić information content (AvgIpc) is 2.86. The third kappa shape index (κ3) is 3.97. The van der Waals surface area contributed by atoms with E-state index in [-0.39, 0.29) is 30.3 Å². The van der Waals surface area contributed by atoms with Crippen molar-refractivity contribution in [2.75, 3.05) is 5.32 Å². The summed E-state index contributed by atoms with van der Waals surface area (Å²) in [6.45, 7) is 3.98. The van der Waals surface area contributed by atoms with Crippen molar-refractivity contribution in [3.05, 3.63) is 41.7 Å². The summed E-state index contributed by atoms with van der Waals surface area (Å²) in [6, 6.07) is 9.95. The zero-order valence-electron chi connectivity index (χ0n) is 14.2. The van der Waals surface area contributed by atoms with Crippen LogP contribution in [0.4, 0.5) is 5.69 Å². The molecule has 1 aliphatic carbocycles. The summed E-state index contributed by atoms with van der Waals surface area (Å²) in [5.74, 6) is 0.0707. The third-order valence-corrected chi connectivity index (χ3v) is 4.49. The maximum Gasteiger partial charge on any atom is 0.227 e. The van der Waals surface area contributed by atoms with Crippen LogP contribution < -0.4 is 11.1 Å². The lowest BCUT2D eigenvalue weighted by atomic mass is 9.85. The fourth-order valence-corrected chi connectivity index (χ4v) is 3.34. The maximum absolute atomic E-state index is 12.6. The van der Waals surface area contributed by atoms with Crippen LogP contribution in [0.5, 0.6) is 0 Å². The molecule has 1 heterocycles. The Morgan fingerprint density at radius 3 is 2.71 bits per heavy atom. The van der Waals surface area contributed by atoms with E-state index in [2.05, 4.69) is 10.4 Å². The second-order valence-electron chi connectivity index (χ2n) is 6.47. The molecule has 0 spiro atoms. The number of aryl methyl sites for hydroxylation is 2. The molecule has 1 fully saturated rings. The third-order valence-electron chi connectivity index (χ3n) is 4.49.